The molecule has 6 nitrogen and oxygen atoms in total. The van der Waals surface area contributed by atoms with Crippen LogP contribution in [0.1, 0.15) is 28.7 Å². The summed E-state index contributed by atoms with van der Waals surface area (Å²) in [5.74, 6) is -1.44. The lowest BCUT2D eigenvalue weighted by Gasteiger charge is -2.51. The Bertz CT molecular complexity index is 943. The van der Waals surface area contributed by atoms with Gasteiger partial charge in [0.15, 0.2) is 0 Å². The zero-order valence-corrected chi connectivity index (χ0v) is 15.1. The van der Waals surface area contributed by atoms with Crippen LogP contribution in [0.4, 0.5) is 5.69 Å². The quantitative estimate of drug-likeness (QED) is 0.822. The Morgan fingerprint density at radius 3 is 2.22 bits per heavy atom. The lowest BCUT2D eigenvalue weighted by atomic mass is 9.74. The van der Waals surface area contributed by atoms with Crippen LogP contribution in [0.25, 0.3) is 0 Å². The number of carbonyl (C=O) groups is 2. The Kier molecular flexibility index (Phi) is 3.52. The standard InChI is InChI=1S/C21H20N2O4/c1-26-20(24)16-17-12-8-4-3-7-11(12)15-13-9-5-6-10-14(13)23(19(15)22-17)18(16)21(25)27-2/h3-10,15-19,22H,1-2H3/t15-,16+,17+,18+,19+/m0/s1. The maximum Gasteiger partial charge on any atom is 0.329 e. The van der Waals surface area contributed by atoms with E-state index in [0.717, 1.165) is 16.8 Å². The number of anilines is 1. The molecule has 2 aromatic rings. The molecular weight excluding hydrogens is 344 g/mol. The predicted molar refractivity (Wildman–Crippen MR) is 98.2 cm³/mol. The number of methoxy groups -OCH3 is 2. The molecule has 138 valence electrons. The van der Waals surface area contributed by atoms with E-state index in [1.54, 1.807) is 0 Å². The molecule has 0 aliphatic carbocycles. The first-order chi connectivity index (χ1) is 13.2. The molecule has 2 bridgehead atoms. The lowest BCUT2D eigenvalue weighted by Crippen LogP contribution is -2.67. The molecule has 3 aliphatic heterocycles. The monoisotopic (exact) mass is 364 g/mol. The van der Waals surface area contributed by atoms with E-state index in [4.69, 9.17) is 9.47 Å². The Balaban J connectivity index is 1.81. The topological polar surface area (TPSA) is 67.9 Å². The van der Waals surface area contributed by atoms with Crippen molar-refractivity contribution in [2.24, 2.45) is 5.92 Å². The second kappa shape index (κ2) is 5.82. The third-order valence-corrected chi connectivity index (χ3v) is 6.10. The highest BCUT2D eigenvalue weighted by Gasteiger charge is 2.59. The number of hydrogen-bond acceptors (Lipinski definition) is 6. The van der Waals surface area contributed by atoms with Gasteiger partial charge in [0, 0.05) is 11.6 Å². The SMILES string of the molecule is COC(=O)[C@@H]1[C@@H]2N[C@H]3[C@@H](c4ccccc42)c2ccccc2N3[C@H]1C(=O)OC. The van der Waals surface area contributed by atoms with Crippen LogP contribution in [0.2, 0.25) is 0 Å². The van der Waals surface area contributed by atoms with E-state index in [-0.39, 0.29) is 18.1 Å². The van der Waals surface area contributed by atoms with Crippen molar-refractivity contribution in [3.8, 4) is 0 Å². The Hall–Kier alpha value is -2.86. The number of hydrogen-bond donors (Lipinski definition) is 1. The van der Waals surface area contributed by atoms with Gasteiger partial charge in [-0.15, -0.1) is 0 Å². The molecule has 1 saturated heterocycles. The second-order valence-corrected chi connectivity index (χ2v) is 7.18. The molecule has 5 rings (SSSR count). The molecule has 27 heavy (non-hydrogen) atoms. The van der Waals surface area contributed by atoms with E-state index in [1.165, 1.54) is 19.8 Å². The van der Waals surface area contributed by atoms with Crippen molar-refractivity contribution < 1.29 is 19.1 Å². The Morgan fingerprint density at radius 1 is 0.889 bits per heavy atom. The van der Waals surface area contributed by atoms with Gasteiger partial charge in [-0.05, 0) is 22.8 Å². The van der Waals surface area contributed by atoms with Crippen molar-refractivity contribution >= 4 is 17.6 Å². The minimum absolute atomic E-state index is 0.0967. The van der Waals surface area contributed by atoms with E-state index in [2.05, 4.69) is 17.4 Å². The molecule has 1 N–H and O–H groups in total. The number of fused-ring (bicyclic) bond motifs is 7. The van der Waals surface area contributed by atoms with Crippen LogP contribution in [0.3, 0.4) is 0 Å². The smallest absolute Gasteiger partial charge is 0.329 e. The summed E-state index contributed by atoms with van der Waals surface area (Å²) in [5.41, 5.74) is 4.35. The largest absolute Gasteiger partial charge is 0.469 e. The number of nitrogens with zero attached hydrogens (tertiary/aromatic N) is 1. The van der Waals surface area contributed by atoms with Gasteiger partial charge in [-0.2, -0.15) is 0 Å². The second-order valence-electron chi connectivity index (χ2n) is 7.18. The van der Waals surface area contributed by atoms with E-state index in [9.17, 15) is 9.59 Å². The lowest BCUT2D eigenvalue weighted by molar-refractivity contribution is -0.157. The third-order valence-electron chi connectivity index (χ3n) is 6.10. The van der Waals surface area contributed by atoms with E-state index in [0.29, 0.717) is 0 Å². The summed E-state index contributed by atoms with van der Waals surface area (Å²) >= 11 is 0. The van der Waals surface area contributed by atoms with Crippen LogP contribution in [-0.2, 0) is 19.1 Å². The van der Waals surface area contributed by atoms with Crippen molar-refractivity contribution in [3.63, 3.8) is 0 Å². The summed E-state index contributed by atoms with van der Waals surface area (Å²) in [4.78, 5) is 27.7. The average molecular weight is 364 g/mol. The van der Waals surface area contributed by atoms with Crippen LogP contribution < -0.4 is 10.2 Å². The van der Waals surface area contributed by atoms with Crippen molar-refractivity contribution in [2.75, 3.05) is 19.1 Å². The first-order valence-electron chi connectivity index (χ1n) is 9.05. The van der Waals surface area contributed by atoms with E-state index in [1.807, 2.05) is 41.3 Å². The molecule has 3 aliphatic rings. The van der Waals surface area contributed by atoms with E-state index < -0.39 is 23.9 Å². The fraction of sp³-hybridized carbons (Fsp3) is 0.333. The molecule has 0 unspecified atom stereocenters. The number of benzene rings is 2. The predicted octanol–water partition coefficient (Wildman–Crippen LogP) is 1.95. The number of nitrogens with one attached hydrogen (secondary N) is 1. The molecule has 0 amide bonds. The molecular formula is C21H20N2O4. The van der Waals surface area contributed by atoms with Gasteiger partial charge in [0.1, 0.15) is 12.0 Å². The molecule has 1 fully saturated rings. The van der Waals surface area contributed by atoms with Crippen LogP contribution in [0, 0.1) is 5.92 Å². The zero-order valence-electron chi connectivity index (χ0n) is 15.1. The van der Waals surface area contributed by atoms with Crippen molar-refractivity contribution in [3.05, 3.63) is 65.2 Å². The maximum absolute atomic E-state index is 12.8. The number of ether oxygens (including phenoxy) is 2. The maximum atomic E-state index is 12.8. The number of para-hydroxylation sites is 1. The highest BCUT2D eigenvalue weighted by molar-refractivity contribution is 5.91. The zero-order chi connectivity index (χ0) is 18.7. The van der Waals surface area contributed by atoms with Crippen molar-refractivity contribution in [2.45, 2.75) is 24.2 Å². The number of rotatable bonds is 2. The van der Waals surface area contributed by atoms with Gasteiger partial charge in [0.25, 0.3) is 0 Å². The fourth-order valence-electron chi connectivity index (χ4n) is 5.09. The van der Waals surface area contributed by atoms with Gasteiger partial charge >= 0.3 is 11.9 Å². The first kappa shape index (κ1) is 16.3. The average Bonchev–Trinajstić information content (AvgIpc) is 3.07. The minimum atomic E-state index is -0.738. The van der Waals surface area contributed by atoms with Crippen LogP contribution in [0.5, 0.6) is 0 Å². The first-order valence-corrected chi connectivity index (χ1v) is 9.05. The minimum Gasteiger partial charge on any atom is -0.469 e. The van der Waals surface area contributed by atoms with E-state index >= 15 is 0 Å². The van der Waals surface area contributed by atoms with Gasteiger partial charge in [-0.1, -0.05) is 42.5 Å². The highest BCUT2D eigenvalue weighted by atomic mass is 16.5. The van der Waals surface area contributed by atoms with Gasteiger partial charge < -0.3 is 14.4 Å². The van der Waals surface area contributed by atoms with Gasteiger partial charge in [0.05, 0.1) is 26.4 Å². The molecule has 0 saturated carbocycles. The Labute approximate surface area is 157 Å². The molecule has 6 heteroatoms. The Morgan fingerprint density at radius 2 is 1.52 bits per heavy atom. The third kappa shape index (κ3) is 2.04. The molecule has 2 aromatic carbocycles. The normalized spacial score (nSPS) is 29.6. The van der Waals surface area contributed by atoms with Gasteiger partial charge in [-0.25, -0.2) is 4.79 Å². The summed E-state index contributed by atoms with van der Waals surface area (Å²) in [5, 5.41) is 3.61. The van der Waals surface area contributed by atoms with Gasteiger partial charge in [-0.3, -0.25) is 10.1 Å². The molecule has 0 spiro atoms. The summed E-state index contributed by atoms with van der Waals surface area (Å²) < 4.78 is 10.2. The fourth-order valence-corrected chi connectivity index (χ4v) is 5.09. The summed E-state index contributed by atoms with van der Waals surface area (Å²) in [6.07, 6.45) is -0.104. The molecule has 5 atom stereocenters. The van der Waals surface area contributed by atoms with Crippen LogP contribution >= 0.6 is 0 Å². The van der Waals surface area contributed by atoms with Gasteiger partial charge in [0.2, 0.25) is 0 Å². The highest BCUT2D eigenvalue weighted by Crippen LogP contribution is 2.54. The van der Waals surface area contributed by atoms with Crippen LogP contribution in [-0.4, -0.2) is 38.4 Å². The van der Waals surface area contributed by atoms with Crippen LogP contribution in [0.15, 0.2) is 48.5 Å². The molecule has 3 heterocycles. The summed E-state index contributed by atoms with van der Waals surface area (Å²) in [7, 11) is 2.72. The molecule has 0 aromatic heterocycles. The summed E-state index contributed by atoms with van der Waals surface area (Å²) in [6, 6.07) is 15.2. The number of esters is 2. The van der Waals surface area contributed by atoms with Crippen molar-refractivity contribution in [1.82, 2.24) is 5.32 Å². The number of carbonyl (C=O) groups excluding carboxylic acids is 2. The summed E-state index contributed by atoms with van der Waals surface area (Å²) in [6.45, 7) is 0. The van der Waals surface area contributed by atoms with Crippen molar-refractivity contribution in [1.29, 1.82) is 0 Å². The molecule has 0 radical (unpaired) electrons.